The van der Waals surface area contributed by atoms with Gasteiger partial charge >= 0.3 is 6.09 Å². The summed E-state index contributed by atoms with van der Waals surface area (Å²) >= 11 is 0. The lowest BCUT2D eigenvalue weighted by Crippen LogP contribution is -2.53. The highest BCUT2D eigenvalue weighted by molar-refractivity contribution is 14.0. The van der Waals surface area contributed by atoms with Crippen LogP contribution in [-0.4, -0.2) is 73.8 Å². The van der Waals surface area contributed by atoms with Crippen molar-refractivity contribution in [2.24, 2.45) is 10.7 Å². The molecule has 0 radical (unpaired) electrons. The second kappa shape index (κ2) is 12.1. The maximum absolute atomic E-state index is 12.1. The fraction of sp³-hybridized carbons (Fsp3) is 0.619. The average molecular weight is 517 g/mol. The number of unbranched alkanes of at least 4 members (excludes halogenated alkanes) is 1. The lowest BCUT2D eigenvalue weighted by molar-refractivity contribution is 0.0186. The first-order valence-corrected chi connectivity index (χ1v) is 10.1. The number of nitrogens with zero attached hydrogens (tertiary/aromatic N) is 4. The summed E-state index contributed by atoms with van der Waals surface area (Å²) in [5, 5.41) is 0. The van der Waals surface area contributed by atoms with E-state index in [1.807, 2.05) is 31.7 Å². The predicted octanol–water partition coefficient (Wildman–Crippen LogP) is 3.39. The zero-order valence-electron chi connectivity index (χ0n) is 18.1. The van der Waals surface area contributed by atoms with Gasteiger partial charge in [0, 0.05) is 52.0 Å². The number of hydrogen-bond donors (Lipinski definition) is 1. The SMILES string of the molecule is CN(CCCCN=C(N)N1CCN(C(=O)OC(C)(C)C)CC1)c1ccccc1.I. The molecule has 7 nitrogen and oxygen atoms in total. The molecule has 2 N–H and O–H groups in total. The molecule has 1 fully saturated rings. The molecular weight excluding hydrogens is 481 g/mol. The fourth-order valence-electron chi connectivity index (χ4n) is 3.01. The van der Waals surface area contributed by atoms with E-state index >= 15 is 0 Å². The number of aliphatic imine (C=N–C) groups is 1. The summed E-state index contributed by atoms with van der Waals surface area (Å²) in [6.07, 6.45) is 1.80. The Bertz CT molecular complexity index is 640. The minimum absolute atomic E-state index is 0. The molecule has 2 rings (SSSR count). The van der Waals surface area contributed by atoms with Gasteiger partial charge in [-0.3, -0.25) is 4.99 Å². The summed E-state index contributed by atoms with van der Waals surface area (Å²) < 4.78 is 5.42. The molecule has 0 spiro atoms. The zero-order valence-corrected chi connectivity index (χ0v) is 20.5. The topological polar surface area (TPSA) is 74.4 Å². The van der Waals surface area contributed by atoms with E-state index in [4.69, 9.17) is 10.5 Å². The van der Waals surface area contributed by atoms with Crippen LogP contribution in [0.3, 0.4) is 0 Å². The largest absolute Gasteiger partial charge is 0.444 e. The van der Waals surface area contributed by atoms with Crippen LogP contribution in [0.25, 0.3) is 0 Å². The molecule has 164 valence electrons. The van der Waals surface area contributed by atoms with Crippen LogP contribution in [0.1, 0.15) is 33.6 Å². The maximum atomic E-state index is 12.1. The van der Waals surface area contributed by atoms with Crippen molar-refractivity contribution in [3.63, 3.8) is 0 Å². The number of amides is 1. The van der Waals surface area contributed by atoms with E-state index in [0.717, 1.165) is 25.9 Å². The molecule has 1 aliphatic rings. The summed E-state index contributed by atoms with van der Waals surface area (Å²) in [4.78, 5) is 22.6. The number of benzene rings is 1. The number of anilines is 1. The number of piperazine rings is 1. The van der Waals surface area contributed by atoms with Gasteiger partial charge in [-0.05, 0) is 45.7 Å². The van der Waals surface area contributed by atoms with Gasteiger partial charge in [0.2, 0.25) is 0 Å². The molecule has 1 aromatic carbocycles. The maximum Gasteiger partial charge on any atom is 0.410 e. The second-order valence-corrected chi connectivity index (χ2v) is 8.16. The van der Waals surface area contributed by atoms with E-state index in [-0.39, 0.29) is 30.1 Å². The number of hydrogen-bond acceptors (Lipinski definition) is 4. The minimum atomic E-state index is -0.469. The molecule has 0 atom stereocenters. The van der Waals surface area contributed by atoms with E-state index in [1.165, 1.54) is 5.69 Å². The van der Waals surface area contributed by atoms with Crippen molar-refractivity contribution in [2.75, 3.05) is 51.2 Å². The number of para-hydroxylation sites is 1. The van der Waals surface area contributed by atoms with Crippen LogP contribution >= 0.6 is 24.0 Å². The van der Waals surface area contributed by atoms with Gasteiger partial charge in [0.15, 0.2) is 5.96 Å². The van der Waals surface area contributed by atoms with Crippen molar-refractivity contribution < 1.29 is 9.53 Å². The van der Waals surface area contributed by atoms with E-state index in [9.17, 15) is 4.79 Å². The Morgan fingerprint density at radius 3 is 2.28 bits per heavy atom. The Morgan fingerprint density at radius 1 is 1.10 bits per heavy atom. The second-order valence-electron chi connectivity index (χ2n) is 8.16. The first-order chi connectivity index (χ1) is 13.3. The molecule has 0 saturated carbocycles. The molecule has 29 heavy (non-hydrogen) atoms. The Hall–Kier alpha value is -1.71. The average Bonchev–Trinajstić information content (AvgIpc) is 2.67. The molecule has 0 aliphatic carbocycles. The van der Waals surface area contributed by atoms with Crippen LogP contribution in [-0.2, 0) is 4.74 Å². The standard InChI is InChI=1S/C21H35N5O2.HI/c1-21(2,3)28-20(27)26-16-14-25(15-17-26)19(22)23-12-8-9-13-24(4)18-10-6-5-7-11-18;/h5-7,10-11H,8-9,12-17H2,1-4H3,(H2,22,23);1H. The van der Waals surface area contributed by atoms with Crippen molar-refractivity contribution in [2.45, 2.75) is 39.2 Å². The monoisotopic (exact) mass is 517 g/mol. The van der Waals surface area contributed by atoms with Crippen LogP contribution in [0.5, 0.6) is 0 Å². The highest BCUT2D eigenvalue weighted by atomic mass is 127. The molecule has 1 aliphatic heterocycles. The summed E-state index contributed by atoms with van der Waals surface area (Å²) in [7, 11) is 2.11. The molecule has 0 aromatic heterocycles. The lowest BCUT2D eigenvalue weighted by Gasteiger charge is -2.36. The van der Waals surface area contributed by atoms with Crippen LogP contribution in [0.2, 0.25) is 0 Å². The summed E-state index contributed by atoms with van der Waals surface area (Å²) in [5.41, 5.74) is 6.90. The van der Waals surface area contributed by atoms with Crippen LogP contribution in [0.15, 0.2) is 35.3 Å². The number of guanidine groups is 1. The molecule has 1 aromatic rings. The summed E-state index contributed by atoms with van der Waals surface area (Å²) in [5.74, 6) is 0.570. The van der Waals surface area contributed by atoms with Gasteiger partial charge in [0.05, 0.1) is 0 Å². The fourth-order valence-corrected chi connectivity index (χ4v) is 3.01. The number of ether oxygens (including phenoxy) is 1. The third kappa shape index (κ3) is 9.10. The minimum Gasteiger partial charge on any atom is -0.444 e. The highest BCUT2D eigenvalue weighted by Gasteiger charge is 2.26. The lowest BCUT2D eigenvalue weighted by atomic mass is 10.2. The summed E-state index contributed by atoms with van der Waals surface area (Å²) in [6, 6.07) is 10.4. The molecular formula is C21H36IN5O2. The van der Waals surface area contributed by atoms with Crippen molar-refractivity contribution in [1.82, 2.24) is 9.80 Å². The van der Waals surface area contributed by atoms with Gasteiger partial charge < -0.3 is 25.2 Å². The van der Waals surface area contributed by atoms with Gasteiger partial charge in [-0.15, -0.1) is 24.0 Å². The molecule has 8 heteroatoms. The van der Waals surface area contributed by atoms with Crippen LogP contribution in [0, 0.1) is 0 Å². The Morgan fingerprint density at radius 2 is 1.69 bits per heavy atom. The van der Waals surface area contributed by atoms with Crippen molar-refractivity contribution in [3.05, 3.63) is 30.3 Å². The van der Waals surface area contributed by atoms with E-state index in [2.05, 4.69) is 41.2 Å². The first-order valence-electron chi connectivity index (χ1n) is 10.1. The van der Waals surface area contributed by atoms with Gasteiger partial charge in [-0.25, -0.2) is 4.79 Å². The number of carbonyl (C=O) groups excluding carboxylic acids is 1. The van der Waals surface area contributed by atoms with Gasteiger partial charge in [-0.1, -0.05) is 18.2 Å². The van der Waals surface area contributed by atoms with E-state index in [1.54, 1.807) is 4.90 Å². The number of rotatable bonds is 6. The highest BCUT2D eigenvalue weighted by Crippen LogP contribution is 2.13. The summed E-state index contributed by atoms with van der Waals surface area (Å²) in [6.45, 7) is 9.93. The van der Waals surface area contributed by atoms with Crippen molar-refractivity contribution in [1.29, 1.82) is 0 Å². The number of halogens is 1. The predicted molar refractivity (Wildman–Crippen MR) is 130 cm³/mol. The zero-order chi connectivity index (χ0) is 20.6. The van der Waals surface area contributed by atoms with Crippen molar-refractivity contribution >= 4 is 41.7 Å². The third-order valence-corrected chi connectivity index (χ3v) is 4.63. The number of nitrogens with two attached hydrogens (primary N) is 1. The Kier molecular flexibility index (Phi) is 10.6. The van der Waals surface area contributed by atoms with E-state index < -0.39 is 5.60 Å². The van der Waals surface area contributed by atoms with Crippen LogP contribution < -0.4 is 10.6 Å². The molecule has 1 saturated heterocycles. The van der Waals surface area contributed by atoms with Gasteiger partial charge in [-0.2, -0.15) is 0 Å². The van der Waals surface area contributed by atoms with E-state index in [0.29, 0.717) is 32.1 Å². The molecule has 1 heterocycles. The molecule has 0 unspecified atom stereocenters. The normalized spacial score (nSPS) is 15.0. The van der Waals surface area contributed by atoms with Crippen LogP contribution in [0.4, 0.5) is 10.5 Å². The molecule has 0 bridgehead atoms. The quantitative estimate of drug-likeness (QED) is 0.271. The van der Waals surface area contributed by atoms with Gasteiger partial charge in [0.25, 0.3) is 0 Å². The number of carbonyl (C=O) groups is 1. The Balaban J connectivity index is 0.00000420. The smallest absolute Gasteiger partial charge is 0.410 e. The van der Waals surface area contributed by atoms with Crippen molar-refractivity contribution in [3.8, 4) is 0 Å². The third-order valence-electron chi connectivity index (χ3n) is 4.63. The first kappa shape index (κ1) is 25.3. The Labute approximate surface area is 192 Å². The van der Waals surface area contributed by atoms with Gasteiger partial charge in [0.1, 0.15) is 5.60 Å². The molecule has 1 amide bonds.